The van der Waals surface area contributed by atoms with Gasteiger partial charge < -0.3 is 20.3 Å². The van der Waals surface area contributed by atoms with E-state index < -0.39 is 23.8 Å². The number of benzene rings is 1. The first-order valence-electron chi connectivity index (χ1n) is 5.49. The van der Waals surface area contributed by atoms with Gasteiger partial charge in [0, 0.05) is 0 Å². The van der Waals surface area contributed by atoms with Crippen molar-refractivity contribution < 1.29 is 24.5 Å². The van der Waals surface area contributed by atoms with Crippen molar-refractivity contribution in [1.82, 2.24) is 5.32 Å². The second-order valence-corrected chi connectivity index (χ2v) is 4.08. The van der Waals surface area contributed by atoms with Crippen molar-refractivity contribution in [2.24, 2.45) is 5.92 Å². The fraction of sp³-hybridized carbons (Fsp3) is 0.333. The smallest absolute Gasteiger partial charge is 0.311 e. The maximum Gasteiger partial charge on any atom is 0.311 e. The van der Waals surface area contributed by atoms with Crippen LogP contribution in [0.25, 0.3) is 0 Å². The Balaban J connectivity index is 2.08. The number of carboxylic acids is 1. The summed E-state index contributed by atoms with van der Waals surface area (Å²) >= 11 is 0. The Kier molecular flexibility index (Phi) is 3.47. The zero-order valence-corrected chi connectivity index (χ0v) is 9.50. The van der Waals surface area contributed by atoms with E-state index in [2.05, 4.69) is 5.32 Å². The molecular weight excluding hydrogens is 238 g/mol. The molecule has 2 atom stereocenters. The minimum absolute atomic E-state index is 0.0844. The molecule has 0 radical (unpaired) electrons. The van der Waals surface area contributed by atoms with Crippen molar-refractivity contribution >= 4 is 11.9 Å². The van der Waals surface area contributed by atoms with Gasteiger partial charge in [0.25, 0.3) is 5.91 Å². The SMILES string of the molecule is O=C(NC1COCC1C(=O)O)c1ccccc1O. The monoisotopic (exact) mass is 251 g/mol. The number of carboxylic acid groups (broad SMARTS) is 1. The van der Waals surface area contributed by atoms with E-state index in [9.17, 15) is 14.7 Å². The molecule has 18 heavy (non-hydrogen) atoms. The summed E-state index contributed by atoms with van der Waals surface area (Å²) in [6.45, 7) is 0.247. The van der Waals surface area contributed by atoms with E-state index in [1.54, 1.807) is 12.1 Å². The number of ether oxygens (including phenoxy) is 1. The lowest BCUT2D eigenvalue weighted by atomic mass is 10.0. The number of hydrogen-bond acceptors (Lipinski definition) is 4. The van der Waals surface area contributed by atoms with Crippen LogP contribution in [0.15, 0.2) is 24.3 Å². The van der Waals surface area contributed by atoms with Crippen molar-refractivity contribution in [2.75, 3.05) is 13.2 Å². The molecule has 1 amide bonds. The standard InChI is InChI=1S/C12H13NO5/c14-10-4-2-1-3-7(10)11(15)13-9-6-18-5-8(9)12(16)17/h1-4,8-9,14H,5-6H2,(H,13,15)(H,16,17). The van der Waals surface area contributed by atoms with Crippen LogP contribution in [0.2, 0.25) is 0 Å². The molecule has 6 heteroatoms. The van der Waals surface area contributed by atoms with E-state index in [4.69, 9.17) is 9.84 Å². The minimum Gasteiger partial charge on any atom is -0.507 e. The largest absolute Gasteiger partial charge is 0.507 e. The third-order valence-electron chi connectivity index (χ3n) is 2.86. The number of para-hydroxylation sites is 1. The van der Waals surface area contributed by atoms with E-state index in [1.807, 2.05) is 0 Å². The Morgan fingerprint density at radius 1 is 1.28 bits per heavy atom. The van der Waals surface area contributed by atoms with Gasteiger partial charge in [-0.1, -0.05) is 12.1 Å². The second kappa shape index (κ2) is 5.05. The van der Waals surface area contributed by atoms with Crippen LogP contribution in [0.5, 0.6) is 5.75 Å². The zero-order chi connectivity index (χ0) is 13.1. The third-order valence-corrected chi connectivity index (χ3v) is 2.86. The fourth-order valence-corrected chi connectivity index (χ4v) is 1.85. The highest BCUT2D eigenvalue weighted by atomic mass is 16.5. The molecule has 2 rings (SSSR count). The molecule has 0 aromatic heterocycles. The molecule has 3 N–H and O–H groups in total. The summed E-state index contributed by atoms with van der Waals surface area (Å²) in [5.41, 5.74) is 0.119. The molecule has 2 unspecified atom stereocenters. The molecule has 0 saturated carbocycles. The fourth-order valence-electron chi connectivity index (χ4n) is 1.85. The lowest BCUT2D eigenvalue weighted by Gasteiger charge is -2.15. The summed E-state index contributed by atoms with van der Waals surface area (Å²) in [7, 11) is 0. The molecule has 0 aliphatic carbocycles. The van der Waals surface area contributed by atoms with Gasteiger partial charge in [0.15, 0.2) is 0 Å². The first kappa shape index (κ1) is 12.4. The molecule has 1 aromatic carbocycles. The molecule has 1 saturated heterocycles. The summed E-state index contributed by atoms with van der Waals surface area (Å²) in [5, 5.41) is 21.0. The average molecular weight is 251 g/mol. The normalized spacial score (nSPS) is 22.7. The Morgan fingerprint density at radius 3 is 2.67 bits per heavy atom. The molecule has 6 nitrogen and oxygen atoms in total. The highest BCUT2D eigenvalue weighted by molar-refractivity contribution is 5.97. The van der Waals surface area contributed by atoms with E-state index in [0.29, 0.717) is 0 Å². The molecule has 0 spiro atoms. The Hall–Kier alpha value is -2.08. The molecule has 1 fully saturated rings. The minimum atomic E-state index is -1.00. The number of amides is 1. The van der Waals surface area contributed by atoms with Crippen molar-refractivity contribution in [3.63, 3.8) is 0 Å². The van der Waals surface area contributed by atoms with E-state index in [1.165, 1.54) is 12.1 Å². The van der Waals surface area contributed by atoms with Crippen LogP contribution in [-0.4, -0.2) is 41.3 Å². The average Bonchev–Trinajstić information content (AvgIpc) is 2.77. The van der Waals surface area contributed by atoms with Crippen LogP contribution in [0.1, 0.15) is 10.4 Å². The summed E-state index contributed by atoms with van der Waals surface area (Å²) < 4.78 is 5.04. The number of carbonyl (C=O) groups is 2. The summed E-state index contributed by atoms with van der Waals surface area (Å²) in [5.74, 6) is -2.40. The summed E-state index contributed by atoms with van der Waals surface area (Å²) in [6, 6.07) is 5.51. The third kappa shape index (κ3) is 2.43. The van der Waals surface area contributed by atoms with Gasteiger partial charge in [-0.25, -0.2) is 0 Å². The van der Waals surface area contributed by atoms with Crippen LogP contribution >= 0.6 is 0 Å². The van der Waals surface area contributed by atoms with Crippen LogP contribution in [0, 0.1) is 5.92 Å². The highest BCUT2D eigenvalue weighted by Crippen LogP contribution is 2.18. The highest BCUT2D eigenvalue weighted by Gasteiger charge is 2.35. The lowest BCUT2D eigenvalue weighted by Crippen LogP contribution is -2.42. The second-order valence-electron chi connectivity index (χ2n) is 4.08. The summed E-state index contributed by atoms with van der Waals surface area (Å²) in [4.78, 5) is 22.8. The number of phenolic OH excluding ortho intramolecular Hbond substituents is 1. The molecule has 1 heterocycles. The van der Waals surface area contributed by atoms with Gasteiger partial charge in [-0.15, -0.1) is 0 Å². The molecule has 96 valence electrons. The number of phenols is 1. The van der Waals surface area contributed by atoms with Crippen LogP contribution < -0.4 is 5.32 Å². The van der Waals surface area contributed by atoms with Gasteiger partial charge in [0.1, 0.15) is 11.7 Å². The molecule has 1 aromatic rings. The molecule has 1 aliphatic heterocycles. The van der Waals surface area contributed by atoms with Gasteiger partial charge >= 0.3 is 5.97 Å². The maximum absolute atomic E-state index is 11.9. The van der Waals surface area contributed by atoms with Crippen LogP contribution in [0.3, 0.4) is 0 Å². The lowest BCUT2D eigenvalue weighted by molar-refractivity contribution is -0.142. The van der Waals surface area contributed by atoms with Crippen molar-refractivity contribution in [3.05, 3.63) is 29.8 Å². The quantitative estimate of drug-likeness (QED) is 0.714. The first-order valence-corrected chi connectivity index (χ1v) is 5.49. The van der Waals surface area contributed by atoms with Crippen LogP contribution in [-0.2, 0) is 9.53 Å². The van der Waals surface area contributed by atoms with Gasteiger partial charge in [0.2, 0.25) is 0 Å². The van der Waals surface area contributed by atoms with E-state index in [-0.39, 0.29) is 24.5 Å². The zero-order valence-electron chi connectivity index (χ0n) is 9.50. The number of aliphatic carboxylic acids is 1. The number of rotatable bonds is 3. The predicted octanol–water partition coefficient (Wildman–Crippen LogP) is 0.222. The van der Waals surface area contributed by atoms with Crippen molar-refractivity contribution in [1.29, 1.82) is 0 Å². The van der Waals surface area contributed by atoms with E-state index >= 15 is 0 Å². The maximum atomic E-state index is 11.9. The molecular formula is C12H13NO5. The molecule has 0 bridgehead atoms. The Bertz CT molecular complexity index is 473. The number of hydrogen-bond donors (Lipinski definition) is 3. The van der Waals surface area contributed by atoms with Crippen molar-refractivity contribution in [2.45, 2.75) is 6.04 Å². The molecule has 1 aliphatic rings. The number of carbonyl (C=O) groups excluding carboxylic acids is 1. The van der Waals surface area contributed by atoms with E-state index in [0.717, 1.165) is 0 Å². The number of aromatic hydroxyl groups is 1. The first-order chi connectivity index (χ1) is 8.59. The Morgan fingerprint density at radius 2 is 2.00 bits per heavy atom. The van der Waals surface area contributed by atoms with Gasteiger partial charge in [0.05, 0.1) is 24.8 Å². The van der Waals surface area contributed by atoms with Crippen molar-refractivity contribution in [3.8, 4) is 5.75 Å². The van der Waals surface area contributed by atoms with Gasteiger partial charge in [-0.2, -0.15) is 0 Å². The van der Waals surface area contributed by atoms with Crippen LogP contribution in [0.4, 0.5) is 0 Å². The Labute approximate surface area is 103 Å². The van der Waals surface area contributed by atoms with Gasteiger partial charge in [-0.3, -0.25) is 9.59 Å². The summed E-state index contributed by atoms with van der Waals surface area (Å²) in [6.07, 6.45) is 0. The van der Waals surface area contributed by atoms with Gasteiger partial charge in [-0.05, 0) is 12.1 Å². The topological polar surface area (TPSA) is 95.9 Å². The predicted molar refractivity (Wildman–Crippen MR) is 61.3 cm³/mol. The number of nitrogens with one attached hydrogen (secondary N) is 1.